The molecule has 0 spiro atoms. The highest BCUT2D eigenvalue weighted by atomic mass is 19.4. The molecule has 3 aromatic carbocycles. The molecule has 0 saturated carbocycles. The molecule has 4 rings (SSSR count). The Morgan fingerprint density at radius 3 is 2.47 bits per heavy atom. The second-order valence-electron chi connectivity index (χ2n) is 7.06. The third-order valence-electron chi connectivity index (χ3n) is 5.11. The van der Waals surface area contributed by atoms with Crippen LogP contribution in [0, 0.1) is 6.92 Å². The number of alkyl halides is 3. The minimum atomic E-state index is -4.55. The summed E-state index contributed by atoms with van der Waals surface area (Å²) in [6.45, 7) is 1.92. The van der Waals surface area contributed by atoms with E-state index < -0.39 is 23.7 Å². The molecule has 1 aliphatic heterocycles. The van der Waals surface area contributed by atoms with Crippen LogP contribution in [0.2, 0.25) is 0 Å². The first-order valence-electron chi connectivity index (χ1n) is 9.23. The van der Waals surface area contributed by atoms with Crippen molar-refractivity contribution in [3.8, 4) is 0 Å². The Labute approximate surface area is 170 Å². The van der Waals surface area contributed by atoms with Gasteiger partial charge in [-0.15, -0.1) is 0 Å². The van der Waals surface area contributed by atoms with Crippen molar-refractivity contribution >= 4 is 17.5 Å². The van der Waals surface area contributed by atoms with Crippen LogP contribution in [-0.2, 0) is 6.18 Å². The van der Waals surface area contributed by atoms with Crippen molar-refractivity contribution in [2.45, 2.75) is 19.1 Å². The number of carbonyl (C=O) groups excluding carboxylic acids is 2. The first kappa shape index (κ1) is 19.7. The molecule has 3 aromatic rings. The van der Waals surface area contributed by atoms with Gasteiger partial charge < -0.3 is 10.6 Å². The first-order chi connectivity index (χ1) is 14.3. The summed E-state index contributed by atoms with van der Waals surface area (Å²) in [5.41, 5.74) is 2.22. The maximum absolute atomic E-state index is 13.0. The third-order valence-corrected chi connectivity index (χ3v) is 5.11. The number of aryl methyl sites for hydroxylation is 1. The zero-order chi connectivity index (χ0) is 21.5. The molecule has 0 fully saturated rings. The average Bonchev–Trinajstić information content (AvgIpc) is 3.05. The van der Waals surface area contributed by atoms with E-state index in [1.165, 1.54) is 12.1 Å². The summed E-state index contributed by atoms with van der Waals surface area (Å²) in [6.07, 6.45) is -4.55. The van der Waals surface area contributed by atoms with Gasteiger partial charge in [0, 0.05) is 22.4 Å². The molecule has 1 unspecified atom stereocenters. The van der Waals surface area contributed by atoms with Crippen molar-refractivity contribution in [3.63, 3.8) is 0 Å². The molecular weight excluding hydrogens is 393 g/mol. The van der Waals surface area contributed by atoms with Crippen molar-refractivity contribution in [1.29, 1.82) is 0 Å². The number of halogens is 3. The molecule has 7 heteroatoms. The molecule has 0 saturated heterocycles. The third kappa shape index (κ3) is 3.54. The van der Waals surface area contributed by atoms with Crippen LogP contribution < -0.4 is 10.6 Å². The average molecular weight is 410 g/mol. The molecule has 2 N–H and O–H groups in total. The highest BCUT2D eigenvalue weighted by molar-refractivity contribution is 6.07. The van der Waals surface area contributed by atoms with Crippen LogP contribution in [0.3, 0.4) is 0 Å². The lowest BCUT2D eigenvalue weighted by Gasteiger charge is -2.18. The lowest BCUT2D eigenvalue weighted by Crippen LogP contribution is -2.21. The lowest BCUT2D eigenvalue weighted by molar-refractivity contribution is -0.137. The van der Waals surface area contributed by atoms with Crippen LogP contribution in [0.1, 0.15) is 49.0 Å². The van der Waals surface area contributed by atoms with Crippen molar-refractivity contribution < 1.29 is 22.8 Å². The molecule has 1 heterocycles. The van der Waals surface area contributed by atoms with Crippen molar-refractivity contribution in [1.82, 2.24) is 5.32 Å². The number of carbonyl (C=O) groups is 2. The molecule has 0 aromatic heterocycles. The van der Waals surface area contributed by atoms with Crippen molar-refractivity contribution in [2.75, 3.05) is 5.32 Å². The second-order valence-corrected chi connectivity index (χ2v) is 7.06. The van der Waals surface area contributed by atoms with Crippen LogP contribution >= 0.6 is 0 Å². The predicted molar refractivity (Wildman–Crippen MR) is 106 cm³/mol. The van der Waals surface area contributed by atoms with Gasteiger partial charge in [0.05, 0.1) is 11.6 Å². The van der Waals surface area contributed by atoms with E-state index >= 15 is 0 Å². The number of rotatable bonds is 3. The molecule has 1 aliphatic rings. The summed E-state index contributed by atoms with van der Waals surface area (Å²) in [7, 11) is 0. The minimum absolute atomic E-state index is 0.118. The topological polar surface area (TPSA) is 58.2 Å². The van der Waals surface area contributed by atoms with Crippen LogP contribution in [0.4, 0.5) is 18.9 Å². The fraction of sp³-hybridized carbons (Fsp3) is 0.130. The zero-order valence-electron chi connectivity index (χ0n) is 15.9. The summed E-state index contributed by atoms with van der Waals surface area (Å²) in [5.74, 6) is -0.953. The zero-order valence-corrected chi connectivity index (χ0v) is 15.9. The van der Waals surface area contributed by atoms with Crippen LogP contribution in [0.5, 0.6) is 0 Å². The maximum atomic E-state index is 13.0. The molecular formula is C23H17F3N2O2. The summed E-state index contributed by atoms with van der Waals surface area (Å²) in [4.78, 5) is 25.2. The van der Waals surface area contributed by atoms with Gasteiger partial charge in [-0.05, 0) is 48.4 Å². The van der Waals surface area contributed by atoms with E-state index in [2.05, 4.69) is 10.6 Å². The lowest BCUT2D eigenvalue weighted by atomic mass is 9.93. The number of anilines is 1. The first-order valence-corrected chi connectivity index (χ1v) is 9.23. The number of hydrogen-bond acceptors (Lipinski definition) is 2. The predicted octanol–water partition coefficient (Wildman–Crippen LogP) is 5.10. The number of amides is 2. The van der Waals surface area contributed by atoms with E-state index in [-0.39, 0.29) is 11.5 Å². The molecule has 0 radical (unpaired) electrons. The Balaban J connectivity index is 1.72. The van der Waals surface area contributed by atoms with Gasteiger partial charge in [0.2, 0.25) is 0 Å². The highest BCUT2D eigenvalue weighted by Crippen LogP contribution is 2.37. The number of nitrogens with one attached hydrogen (secondary N) is 2. The SMILES string of the molecule is Cc1ccccc1C1NC(=O)c2cccc(NC(=O)c3cccc(C(F)(F)F)c3)c21. The van der Waals surface area contributed by atoms with Crippen molar-refractivity contribution in [3.05, 3.63) is 100 Å². The number of hydrogen-bond donors (Lipinski definition) is 2. The maximum Gasteiger partial charge on any atom is 0.416 e. The Hall–Kier alpha value is -3.61. The van der Waals surface area contributed by atoms with Gasteiger partial charge in [-0.1, -0.05) is 36.4 Å². The van der Waals surface area contributed by atoms with Gasteiger partial charge in [0.25, 0.3) is 11.8 Å². The standard InChI is InChI=1S/C23H17F3N2O2/c1-13-6-2-3-9-16(13)20-19-17(22(30)28-20)10-5-11-18(19)27-21(29)14-7-4-8-15(12-14)23(24,25)26/h2-12,20H,1H3,(H,27,29)(H,28,30). The Morgan fingerprint density at radius 2 is 1.73 bits per heavy atom. The minimum Gasteiger partial charge on any atom is -0.341 e. The Morgan fingerprint density at radius 1 is 1.00 bits per heavy atom. The number of benzene rings is 3. The van der Waals surface area contributed by atoms with Gasteiger partial charge in [0.1, 0.15) is 0 Å². The van der Waals surface area contributed by atoms with E-state index in [0.717, 1.165) is 23.3 Å². The monoisotopic (exact) mass is 410 g/mol. The van der Waals surface area contributed by atoms with Gasteiger partial charge in [-0.25, -0.2) is 0 Å². The normalized spacial score (nSPS) is 15.5. The molecule has 2 amide bonds. The van der Waals surface area contributed by atoms with Crippen molar-refractivity contribution in [2.24, 2.45) is 0 Å². The quantitative estimate of drug-likeness (QED) is 0.631. The van der Waals surface area contributed by atoms with E-state index in [9.17, 15) is 22.8 Å². The summed E-state index contributed by atoms with van der Waals surface area (Å²) >= 11 is 0. The fourth-order valence-electron chi connectivity index (χ4n) is 3.64. The summed E-state index contributed by atoms with van der Waals surface area (Å²) < 4.78 is 38.9. The Kier molecular flexibility index (Phi) is 4.81. The highest BCUT2D eigenvalue weighted by Gasteiger charge is 2.34. The molecule has 30 heavy (non-hydrogen) atoms. The van der Waals surface area contributed by atoms with E-state index in [0.29, 0.717) is 16.8 Å². The van der Waals surface area contributed by atoms with E-state index in [1.807, 2.05) is 31.2 Å². The fourth-order valence-corrected chi connectivity index (χ4v) is 3.64. The number of fused-ring (bicyclic) bond motifs is 1. The smallest absolute Gasteiger partial charge is 0.341 e. The van der Waals surface area contributed by atoms with E-state index in [1.54, 1.807) is 18.2 Å². The Bertz CT molecular complexity index is 1160. The molecule has 152 valence electrons. The second kappa shape index (κ2) is 7.33. The molecule has 4 nitrogen and oxygen atoms in total. The van der Waals surface area contributed by atoms with Crippen LogP contribution in [0.25, 0.3) is 0 Å². The molecule has 0 aliphatic carbocycles. The largest absolute Gasteiger partial charge is 0.416 e. The summed E-state index contributed by atoms with van der Waals surface area (Å²) in [6, 6.07) is 16.2. The van der Waals surface area contributed by atoms with Gasteiger partial charge in [0.15, 0.2) is 0 Å². The molecule has 0 bridgehead atoms. The molecule has 1 atom stereocenters. The van der Waals surface area contributed by atoms with E-state index in [4.69, 9.17) is 0 Å². The van der Waals surface area contributed by atoms with Gasteiger partial charge in [-0.3, -0.25) is 9.59 Å². The van der Waals surface area contributed by atoms with Gasteiger partial charge >= 0.3 is 6.18 Å². The summed E-state index contributed by atoms with van der Waals surface area (Å²) in [5, 5.41) is 5.60. The van der Waals surface area contributed by atoms with Crippen LogP contribution in [0.15, 0.2) is 66.7 Å². The van der Waals surface area contributed by atoms with Gasteiger partial charge in [-0.2, -0.15) is 13.2 Å². The van der Waals surface area contributed by atoms with Crippen LogP contribution in [-0.4, -0.2) is 11.8 Å².